The van der Waals surface area contributed by atoms with Crippen molar-refractivity contribution in [1.82, 2.24) is 5.32 Å². The molecule has 2 aromatic carbocycles. The minimum atomic E-state index is 0.518. The van der Waals surface area contributed by atoms with Crippen molar-refractivity contribution in [2.45, 2.75) is 53.1 Å². The Bertz CT molecular complexity index is 584. The van der Waals surface area contributed by atoms with Gasteiger partial charge in [-0.3, -0.25) is 0 Å². The third-order valence-corrected chi connectivity index (χ3v) is 3.94. The minimum absolute atomic E-state index is 0.518. The summed E-state index contributed by atoms with van der Waals surface area (Å²) in [6, 6.07) is 16.3. The molecule has 0 radical (unpaired) electrons. The Morgan fingerprint density at radius 3 is 2.24 bits per heavy atom. The van der Waals surface area contributed by atoms with Gasteiger partial charge in [0, 0.05) is 12.6 Å². The van der Waals surface area contributed by atoms with Gasteiger partial charge in [0.15, 0.2) is 0 Å². The molecular formula is C20H27N. The van der Waals surface area contributed by atoms with E-state index in [-0.39, 0.29) is 0 Å². The van der Waals surface area contributed by atoms with Crippen LogP contribution in [0.3, 0.4) is 0 Å². The van der Waals surface area contributed by atoms with Gasteiger partial charge in [0.2, 0.25) is 0 Å². The topological polar surface area (TPSA) is 12.0 Å². The van der Waals surface area contributed by atoms with Gasteiger partial charge in [-0.1, -0.05) is 64.1 Å². The molecule has 1 heteroatoms. The highest BCUT2D eigenvalue weighted by Gasteiger charge is 2.04. The molecule has 0 fully saturated rings. The molecule has 0 spiro atoms. The lowest BCUT2D eigenvalue weighted by molar-refractivity contribution is 0.589. The highest BCUT2D eigenvalue weighted by atomic mass is 14.9. The van der Waals surface area contributed by atoms with Crippen LogP contribution in [0.4, 0.5) is 0 Å². The second-order valence-electron chi connectivity index (χ2n) is 5.93. The van der Waals surface area contributed by atoms with E-state index in [1.165, 1.54) is 27.8 Å². The smallest absolute Gasteiger partial charge is 0.0208 e. The van der Waals surface area contributed by atoms with E-state index in [2.05, 4.69) is 75.5 Å². The summed E-state index contributed by atoms with van der Waals surface area (Å²) in [6.45, 7) is 9.76. The molecule has 112 valence electrons. The van der Waals surface area contributed by atoms with Gasteiger partial charge in [-0.05, 0) is 46.7 Å². The Morgan fingerprint density at radius 1 is 0.857 bits per heavy atom. The third-order valence-electron chi connectivity index (χ3n) is 3.94. The van der Waals surface area contributed by atoms with Crippen LogP contribution in [0.2, 0.25) is 0 Å². The van der Waals surface area contributed by atoms with Crippen LogP contribution in [-0.4, -0.2) is 6.04 Å². The maximum Gasteiger partial charge on any atom is 0.0208 e. The van der Waals surface area contributed by atoms with Gasteiger partial charge in [-0.2, -0.15) is 0 Å². The Kier molecular flexibility index (Phi) is 5.58. The molecule has 0 atom stereocenters. The molecule has 2 rings (SSSR count). The second-order valence-corrected chi connectivity index (χ2v) is 5.93. The molecule has 0 saturated carbocycles. The second kappa shape index (κ2) is 7.42. The van der Waals surface area contributed by atoms with Crippen molar-refractivity contribution in [3.05, 3.63) is 59.2 Å². The Morgan fingerprint density at radius 2 is 1.57 bits per heavy atom. The summed E-state index contributed by atoms with van der Waals surface area (Å²) >= 11 is 0. The Balaban J connectivity index is 2.27. The predicted octanol–water partition coefficient (Wildman–Crippen LogP) is 4.98. The van der Waals surface area contributed by atoms with Gasteiger partial charge >= 0.3 is 0 Å². The monoisotopic (exact) mass is 281 g/mol. The van der Waals surface area contributed by atoms with Gasteiger partial charge in [0.25, 0.3) is 0 Å². The van der Waals surface area contributed by atoms with Crippen molar-refractivity contribution in [3.8, 4) is 11.1 Å². The van der Waals surface area contributed by atoms with E-state index in [0.717, 1.165) is 19.4 Å². The van der Waals surface area contributed by atoms with Crippen molar-refractivity contribution in [1.29, 1.82) is 0 Å². The molecule has 0 aliphatic heterocycles. The quantitative estimate of drug-likeness (QED) is 0.787. The molecule has 0 aliphatic carbocycles. The summed E-state index contributed by atoms with van der Waals surface area (Å²) in [5.74, 6) is 0. The molecule has 0 unspecified atom stereocenters. The van der Waals surface area contributed by atoms with Crippen molar-refractivity contribution in [3.63, 3.8) is 0 Å². The average Bonchev–Trinajstić information content (AvgIpc) is 2.52. The van der Waals surface area contributed by atoms with Gasteiger partial charge in [0.1, 0.15) is 0 Å². The molecule has 0 aromatic heterocycles. The van der Waals surface area contributed by atoms with Crippen molar-refractivity contribution < 1.29 is 0 Å². The fourth-order valence-electron chi connectivity index (χ4n) is 2.66. The SMILES string of the molecule is CCc1ccc(-c2cccc(CNC(C)C)c2)cc1CC. The van der Waals surface area contributed by atoms with Crippen LogP contribution in [0.1, 0.15) is 44.4 Å². The van der Waals surface area contributed by atoms with Crippen molar-refractivity contribution in [2.75, 3.05) is 0 Å². The standard InChI is InChI=1S/C20H27N/c1-5-17-10-11-20(13-18(17)6-2)19-9-7-8-16(12-19)14-21-15(3)4/h7-13,15,21H,5-6,14H2,1-4H3. The molecule has 1 nitrogen and oxygen atoms in total. The molecule has 21 heavy (non-hydrogen) atoms. The maximum absolute atomic E-state index is 3.48. The van der Waals surface area contributed by atoms with Gasteiger partial charge < -0.3 is 5.32 Å². The number of hydrogen-bond donors (Lipinski definition) is 1. The largest absolute Gasteiger partial charge is 0.310 e. The zero-order valence-electron chi connectivity index (χ0n) is 13.7. The van der Waals surface area contributed by atoms with E-state index in [0.29, 0.717) is 6.04 Å². The highest BCUT2D eigenvalue weighted by Crippen LogP contribution is 2.24. The van der Waals surface area contributed by atoms with E-state index in [1.54, 1.807) is 0 Å². The minimum Gasteiger partial charge on any atom is -0.310 e. The van der Waals surface area contributed by atoms with Crippen molar-refractivity contribution >= 4 is 0 Å². The summed E-state index contributed by atoms with van der Waals surface area (Å²) in [4.78, 5) is 0. The summed E-state index contributed by atoms with van der Waals surface area (Å²) in [5, 5.41) is 3.48. The fourth-order valence-corrected chi connectivity index (χ4v) is 2.66. The van der Waals surface area contributed by atoms with Crippen LogP contribution < -0.4 is 5.32 Å². The van der Waals surface area contributed by atoms with E-state index in [4.69, 9.17) is 0 Å². The summed E-state index contributed by atoms with van der Waals surface area (Å²) < 4.78 is 0. The third kappa shape index (κ3) is 4.18. The van der Waals surface area contributed by atoms with E-state index in [1.807, 2.05) is 0 Å². The number of hydrogen-bond acceptors (Lipinski definition) is 1. The first-order valence-electron chi connectivity index (χ1n) is 8.08. The fraction of sp³-hybridized carbons (Fsp3) is 0.400. The molecule has 0 bridgehead atoms. The number of aryl methyl sites for hydroxylation is 2. The van der Waals surface area contributed by atoms with E-state index >= 15 is 0 Å². The Labute approximate surface area is 129 Å². The zero-order valence-corrected chi connectivity index (χ0v) is 13.7. The van der Waals surface area contributed by atoms with Crippen LogP contribution in [-0.2, 0) is 19.4 Å². The van der Waals surface area contributed by atoms with Crippen LogP contribution in [0.15, 0.2) is 42.5 Å². The van der Waals surface area contributed by atoms with Gasteiger partial charge in [0.05, 0.1) is 0 Å². The first kappa shape index (κ1) is 15.8. The average molecular weight is 281 g/mol. The van der Waals surface area contributed by atoms with Crippen LogP contribution in [0, 0.1) is 0 Å². The van der Waals surface area contributed by atoms with Crippen LogP contribution in [0.25, 0.3) is 11.1 Å². The van der Waals surface area contributed by atoms with Crippen LogP contribution >= 0.6 is 0 Å². The van der Waals surface area contributed by atoms with Crippen LogP contribution in [0.5, 0.6) is 0 Å². The number of benzene rings is 2. The van der Waals surface area contributed by atoms with Gasteiger partial charge in [-0.25, -0.2) is 0 Å². The van der Waals surface area contributed by atoms with Crippen molar-refractivity contribution in [2.24, 2.45) is 0 Å². The lowest BCUT2D eigenvalue weighted by atomic mass is 9.96. The Hall–Kier alpha value is -1.60. The lowest BCUT2D eigenvalue weighted by Crippen LogP contribution is -2.21. The molecule has 0 amide bonds. The first-order valence-corrected chi connectivity index (χ1v) is 8.08. The van der Waals surface area contributed by atoms with E-state index < -0.39 is 0 Å². The summed E-state index contributed by atoms with van der Waals surface area (Å²) in [5.41, 5.74) is 6.93. The molecule has 0 heterocycles. The lowest BCUT2D eigenvalue weighted by Gasteiger charge is -2.12. The molecule has 2 aromatic rings. The van der Waals surface area contributed by atoms with Gasteiger partial charge in [-0.15, -0.1) is 0 Å². The molecular weight excluding hydrogens is 254 g/mol. The first-order chi connectivity index (χ1) is 10.1. The maximum atomic E-state index is 3.48. The predicted molar refractivity (Wildman–Crippen MR) is 92.6 cm³/mol. The number of rotatable bonds is 6. The summed E-state index contributed by atoms with van der Waals surface area (Å²) in [6.07, 6.45) is 2.22. The highest BCUT2D eigenvalue weighted by molar-refractivity contribution is 5.65. The molecule has 0 aliphatic rings. The number of nitrogens with one attached hydrogen (secondary N) is 1. The zero-order chi connectivity index (χ0) is 15.2. The van der Waals surface area contributed by atoms with E-state index in [9.17, 15) is 0 Å². The molecule has 1 N–H and O–H groups in total. The normalized spacial score (nSPS) is 11.1. The summed E-state index contributed by atoms with van der Waals surface area (Å²) in [7, 11) is 0. The molecule has 0 saturated heterocycles.